The largest absolute Gasteiger partial charge is 0.492 e. The minimum atomic E-state index is -0.965. The number of carboxylic acids is 1. The van der Waals surface area contributed by atoms with Crippen LogP contribution in [0, 0.1) is 11.6 Å². The van der Waals surface area contributed by atoms with Crippen molar-refractivity contribution in [1.82, 2.24) is 19.7 Å². The summed E-state index contributed by atoms with van der Waals surface area (Å²) in [5.74, 6) is -0.722. The molecule has 0 spiro atoms. The normalized spacial score (nSPS) is 13.5. The Morgan fingerprint density at radius 2 is 1.93 bits per heavy atom. The van der Waals surface area contributed by atoms with E-state index in [0.29, 0.717) is 31.9 Å². The fourth-order valence-corrected chi connectivity index (χ4v) is 5.44. The van der Waals surface area contributed by atoms with Crippen molar-refractivity contribution in [3.63, 3.8) is 0 Å². The van der Waals surface area contributed by atoms with Crippen LogP contribution in [-0.4, -0.2) is 69.6 Å². The van der Waals surface area contributed by atoms with Crippen molar-refractivity contribution in [2.24, 2.45) is 7.05 Å². The average Bonchev–Trinajstić information content (AvgIpc) is 3.31. The molecule has 2 aromatic heterocycles. The number of fused-ring (bicyclic) bond motifs is 2. The number of benzene rings is 2. The molecule has 43 heavy (non-hydrogen) atoms. The van der Waals surface area contributed by atoms with Gasteiger partial charge >= 0.3 is 5.97 Å². The SMILES string of the molecule is Cn1nc(NC(CCN(CCCCc2ccc3c(n2)NCCC3)CCOc2cc(F)cc(F)c2)C(=O)O)c2ccccc21. The van der Waals surface area contributed by atoms with Gasteiger partial charge in [0, 0.05) is 56.0 Å². The van der Waals surface area contributed by atoms with Gasteiger partial charge in [-0.3, -0.25) is 9.58 Å². The van der Waals surface area contributed by atoms with E-state index in [-0.39, 0.29) is 12.4 Å². The van der Waals surface area contributed by atoms with Crippen LogP contribution in [0.2, 0.25) is 0 Å². The molecule has 11 heteroatoms. The second-order valence-corrected chi connectivity index (χ2v) is 10.9. The molecular formula is C32H38F2N6O3. The summed E-state index contributed by atoms with van der Waals surface area (Å²) in [7, 11) is 1.83. The third kappa shape index (κ3) is 8.19. The number of nitrogens with zero attached hydrogens (tertiary/aromatic N) is 4. The van der Waals surface area contributed by atoms with Gasteiger partial charge in [0.1, 0.15) is 35.9 Å². The van der Waals surface area contributed by atoms with Gasteiger partial charge in [-0.2, -0.15) is 5.10 Å². The van der Waals surface area contributed by atoms with E-state index in [1.807, 2.05) is 31.3 Å². The van der Waals surface area contributed by atoms with Crippen molar-refractivity contribution < 1.29 is 23.4 Å². The fourth-order valence-electron chi connectivity index (χ4n) is 5.44. The van der Waals surface area contributed by atoms with Crippen molar-refractivity contribution >= 4 is 28.5 Å². The van der Waals surface area contributed by atoms with Crippen molar-refractivity contribution in [2.75, 3.05) is 43.4 Å². The fraction of sp³-hybridized carbons (Fsp3) is 0.406. The Kier molecular flexibility index (Phi) is 10.0. The molecule has 5 rings (SSSR count). The third-order valence-electron chi connectivity index (χ3n) is 7.72. The molecule has 0 saturated heterocycles. The molecule has 0 aliphatic carbocycles. The van der Waals surface area contributed by atoms with Crippen LogP contribution in [0.15, 0.2) is 54.6 Å². The number of halogens is 2. The molecule has 3 N–H and O–H groups in total. The molecule has 3 heterocycles. The van der Waals surface area contributed by atoms with E-state index in [1.54, 1.807) is 4.68 Å². The number of para-hydroxylation sites is 1. The average molecular weight is 593 g/mol. The molecule has 9 nitrogen and oxygen atoms in total. The van der Waals surface area contributed by atoms with Gasteiger partial charge in [0.25, 0.3) is 0 Å². The number of rotatable bonds is 15. The third-order valence-corrected chi connectivity index (χ3v) is 7.72. The van der Waals surface area contributed by atoms with Gasteiger partial charge in [-0.1, -0.05) is 18.2 Å². The Labute approximate surface area is 249 Å². The zero-order valence-electron chi connectivity index (χ0n) is 24.4. The highest BCUT2D eigenvalue weighted by Crippen LogP contribution is 2.23. The van der Waals surface area contributed by atoms with Crippen LogP contribution in [0.1, 0.15) is 36.9 Å². The Morgan fingerprint density at radius 3 is 2.74 bits per heavy atom. The van der Waals surface area contributed by atoms with Gasteiger partial charge in [-0.05, 0) is 68.8 Å². The number of pyridine rings is 1. The van der Waals surface area contributed by atoms with E-state index in [9.17, 15) is 18.7 Å². The van der Waals surface area contributed by atoms with Crippen LogP contribution in [0.25, 0.3) is 10.9 Å². The Balaban J connectivity index is 1.19. The zero-order chi connectivity index (χ0) is 30.2. The summed E-state index contributed by atoms with van der Waals surface area (Å²) >= 11 is 0. The first-order chi connectivity index (χ1) is 20.9. The topological polar surface area (TPSA) is 105 Å². The molecule has 2 aromatic carbocycles. The van der Waals surface area contributed by atoms with E-state index in [0.717, 1.165) is 79.3 Å². The highest BCUT2D eigenvalue weighted by atomic mass is 19.1. The van der Waals surface area contributed by atoms with Gasteiger partial charge in [0.05, 0.1) is 5.52 Å². The van der Waals surface area contributed by atoms with Crippen LogP contribution in [0.5, 0.6) is 5.75 Å². The smallest absolute Gasteiger partial charge is 0.326 e. The van der Waals surface area contributed by atoms with Crippen LogP contribution in [0.3, 0.4) is 0 Å². The summed E-state index contributed by atoms with van der Waals surface area (Å²) in [6, 6.07) is 14.2. The predicted octanol–water partition coefficient (Wildman–Crippen LogP) is 5.26. The lowest BCUT2D eigenvalue weighted by Gasteiger charge is -2.24. The minimum Gasteiger partial charge on any atom is -0.492 e. The number of carbonyl (C=O) groups is 1. The molecule has 0 amide bonds. The van der Waals surface area contributed by atoms with Crippen LogP contribution >= 0.6 is 0 Å². The second-order valence-electron chi connectivity index (χ2n) is 10.9. The molecule has 228 valence electrons. The molecule has 1 aliphatic heterocycles. The molecule has 0 radical (unpaired) electrons. The van der Waals surface area contributed by atoms with E-state index in [4.69, 9.17) is 9.72 Å². The number of nitrogens with one attached hydrogen (secondary N) is 2. The molecular weight excluding hydrogens is 554 g/mol. The molecule has 1 unspecified atom stereocenters. The summed E-state index contributed by atoms with van der Waals surface area (Å²) in [5.41, 5.74) is 3.22. The van der Waals surface area contributed by atoms with Crippen molar-refractivity contribution in [3.05, 3.63) is 77.5 Å². The number of hydrogen-bond donors (Lipinski definition) is 3. The van der Waals surface area contributed by atoms with E-state index in [1.165, 1.54) is 5.56 Å². The van der Waals surface area contributed by atoms with E-state index in [2.05, 4.69) is 32.8 Å². The first-order valence-electron chi connectivity index (χ1n) is 14.8. The van der Waals surface area contributed by atoms with Crippen molar-refractivity contribution in [3.8, 4) is 5.75 Å². The standard InChI is InChI=1S/C32H38F2N6O3/c1-39-29-10-3-2-9-27(29)31(38-39)37-28(32(41)42)13-16-40(17-18-43-26-20-23(33)19-24(34)21-26)15-5-4-8-25-12-11-22-7-6-14-35-30(22)36-25/h2-3,9-12,19-21,28H,4-8,13-18H2,1H3,(H,35,36)(H,37,38)(H,41,42). The van der Waals surface area contributed by atoms with Gasteiger partial charge in [0.15, 0.2) is 5.82 Å². The zero-order valence-corrected chi connectivity index (χ0v) is 24.4. The van der Waals surface area contributed by atoms with Crippen molar-refractivity contribution in [1.29, 1.82) is 0 Å². The number of aryl methyl sites for hydroxylation is 3. The van der Waals surface area contributed by atoms with Gasteiger partial charge < -0.3 is 20.5 Å². The van der Waals surface area contributed by atoms with Gasteiger partial charge in [-0.25, -0.2) is 18.6 Å². The van der Waals surface area contributed by atoms with E-state index >= 15 is 0 Å². The highest BCUT2D eigenvalue weighted by Gasteiger charge is 2.21. The second kappa shape index (κ2) is 14.3. The maximum absolute atomic E-state index is 13.6. The molecule has 1 atom stereocenters. The molecule has 4 aromatic rings. The molecule has 0 bridgehead atoms. The number of anilines is 2. The number of aromatic nitrogens is 3. The van der Waals surface area contributed by atoms with Crippen LogP contribution in [-0.2, 0) is 24.7 Å². The summed E-state index contributed by atoms with van der Waals surface area (Å²) in [4.78, 5) is 19.1. The summed E-state index contributed by atoms with van der Waals surface area (Å²) in [6.45, 7) is 2.82. The molecule has 0 saturated carbocycles. The lowest BCUT2D eigenvalue weighted by molar-refractivity contribution is -0.138. The summed E-state index contributed by atoms with van der Waals surface area (Å²) in [6.07, 6.45) is 5.13. The van der Waals surface area contributed by atoms with Crippen molar-refractivity contribution in [2.45, 2.75) is 44.6 Å². The Morgan fingerprint density at radius 1 is 1.12 bits per heavy atom. The summed E-state index contributed by atoms with van der Waals surface area (Å²) in [5, 5.41) is 21.8. The maximum atomic E-state index is 13.6. The van der Waals surface area contributed by atoms with Crippen LogP contribution in [0.4, 0.5) is 20.4 Å². The highest BCUT2D eigenvalue weighted by molar-refractivity contribution is 5.91. The molecule has 0 fully saturated rings. The summed E-state index contributed by atoms with van der Waals surface area (Å²) < 4.78 is 34.6. The molecule has 1 aliphatic rings. The first-order valence-corrected chi connectivity index (χ1v) is 14.8. The maximum Gasteiger partial charge on any atom is 0.326 e. The number of carboxylic acid groups (broad SMARTS) is 1. The van der Waals surface area contributed by atoms with Gasteiger partial charge in [0.2, 0.25) is 0 Å². The predicted molar refractivity (Wildman–Crippen MR) is 163 cm³/mol. The number of unbranched alkanes of at least 4 members (excludes halogenated alkanes) is 1. The first kappa shape index (κ1) is 30.2. The number of hydrogen-bond acceptors (Lipinski definition) is 7. The lowest BCUT2D eigenvalue weighted by Crippen LogP contribution is -2.37. The monoisotopic (exact) mass is 592 g/mol. The quantitative estimate of drug-likeness (QED) is 0.161. The minimum absolute atomic E-state index is 0.122. The Bertz CT molecular complexity index is 1520. The van der Waals surface area contributed by atoms with Gasteiger partial charge in [-0.15, -0.1) is 0 Å². The number of ether oxygens (including phenoxy) is 1. The Hall–Kier alpha value is -4.25. The van der Waals surface area contributed by atoms with Crippen LogP contribution < -0.4 is 15.4 Å². The van der Waals surface area contributed by atoms with E-state index < -0.39 is 23.6 Å². The number of aliphatic carboxylic acids is 1. The lowest BCUT2D eigenvalue weighted by atomic mass is 10.1.